The van der Waals surface area contributed by atoms with E-state index in [1.165, 1.54) is 0 Å². The van der Waals surface area contributed by atoms with E-state index in [1.807, 2.05) is 24.1 Å². The average Bonchev–Trinajstić information content (AvgIpc) is 2.55. The highest BCUT2D eigenvalue weighted by atomic mass is 16.4. The zero-order valence-electron chi connectivity index (χ0n) is 7.78. The minimum atomic E-state index is -0.437. The third kappa shape index (κ3) is 1.38. The van der Waals surface area contributed by atoms with Crippen LogP contribution in [0.15, 0.2) is 27.4 Å². The van der Waals surface area contributed by atoms with Gasteiger partial charge >= 0.3 is 5.76 Å². The fraction of sp³-hybridized carbons (Fsp3) is 0.222. The van der Waals surface area contributed by atoms with Crippen molar-refractivity contribution in [3.63, 3.8) is 0 Å². The van der Waals surface area contributed by atoms with Gasteiger partial charge in [-0.25, -0.2) is 4.79 Å². The van der Waals surface area contributed by atoms with E-state index in [2.05, 4.69) is 4.98 Å². The molecular formula is C9H11N3O2. The van der Waals surface area contributed by atoms with E-state index in [9.17, 15) is 4.79 Å². The molecule has 0 spiro atoms. The number of hydrogen-bond acceptors (Lipinski definition) is 4. The van der Waals surface area contributed by atoms with Crippen LogP contribution in [0, 0.1) is 0 Å². The number of fused-ring (bicyclic) bond motifs is 1. The summed E-state index contributed by atoms with van der Waals surface area (Å²) in [4.78, 5) is 15.3. The van der Waals surface area contributed by atoms with Gasteiger partial charge in [0, 0.05) is 12.7 Å². The Hall–Kier alpha value is -1.75. The summed E-state index contributed by atoms with van der Waals surface area (Å²) in [5.74, 6) is -0.437. The Morgan fingerprint density at radius 1 is 1.57 bits per heavy atom. The fourth-order valence-electron chi connectivity index (χ4n) is 1.28. The van der Waals surface area contributed by atoms with Gasteiger partial charge < -0.3 is 15.1 Å². The maximum absolute atomic E-state index is 10.9. The van der Waals surface area contributed by atoms with Crippen molar-refractivity contribution in [2.24, 2.45) is 5.73 Å². The standard InChI is InChI=1S/C9H11N3O2/c1-12(5-10)6-2-3-8-7(4-6)11-9(13)14-8/h2-4H,5,10H2,1H3,(H,11,13). The van der Waals surface area contributed by atoms with Gasteiger partial charge in [0.05, 0.1) is 12.2 Å². The molecule has 0 saturated carbocycles. The lowest BCUT2D eigenvalue weighted by Crippen LogP contribution is -2.24. The number of aromatic nitrogens is 1. The van der Waals surface area contributed by atoms with Crippen LogP contribution in [-0.2, 0) is 0 Å². The minimum absolute atomic E-state index is 0.424. The third-order valence-electron chi connectivity index (χ3n) is 2.12. The summed E-state index contributed by atoms with van der Waals surface area (Å²) >= 11 is 0. The number of benzene rings is 1. The van der Waals surface area contributed by atoms with E-state index in [1.54, 1.807) is 6.07 Å². The normalized spacial score (nSPS) is 10.7. The molecule has 0 aliphatic carbocycles. The van der Waals surface area contributed by atoms with E-state index in [0.29, 0.717) is 17.8 Å². The summed E-state index contributed by atoms with van der Waals surface area (Å²) < 4.78 is 4.88. The summed E-state index contributed by atoms with van der Waals surface area (Å²) in [6.07, 6.45) is 0. The molecule has 0 bridgehead atoms. The van der Waals surface area contributed by atoms with Crippen LogP contribution in [0.4, 0.5) is 5.69 Å². The predicted molar refractivity (Wildman–Crippen MR) is 54.3 cm³/mol. The first-order valence-corrected chi connectivity index (χ1v) is 4.25. The molecule has 5 nitrogen and oxygen atoms in total. The smallest absolute Gasteiger partial charge is 0.408 e. The molecule has 74 valence electrons. The van der Waals surface area contributed by atoms with Crippen molar-refractivity contribution < 1.29 is 4.42 Å². The molecular weight excluding hydrogens is 182 g/mol. The molecule has 3 N–H and O–H groups in total. The molecule has 0 saturated heterocycles. The lowest BCUT2D eigenvalue weighted by Gasteiger charge is -2.15. The Morgan fingerprint density at radius 3 is 3.07 bits per heavy atom. The number of H-pyrrole nitrogens is 1. The van der Waals surface area contributed by atoms with E-state index < -0.39 is 5.76 Å². The van der Waals surface area contributed by atoms with Gasteiger partial charge in [-0.15, -0.1) is 0 Å². The first-order chi connectivity index (χ1) is 6.70. The first kappa shape index (κ1) is 8.83. The van der Waals surface area contributed by atoms with E-state index >= 15 is 0 Å². The van der Waals surface area contributed by atoms with Crippen LogP contribution in [-0.4, -0.2) is 18.7 Å². The average molecular weight is 193 g/mol. The zero-order chi connectivity index (χ0) is 10.1. The zero-order valence-corrected chi connectivity index (χ0v) is 7.78. The minimum Gasteiger partial charge on any atom is -0.408 e. The molecule has 0 fully saturated rings. The molecule has 0 radical (unpaired) electrons. The van der Waals surface area contributed by atoms with E-state index in [4.69, 9.17) is 10.2 Å². The van der Waals surface area contributed by atoms with Gasteiger partial charge in [0.1, 0.15) is 0 Å². The van der Waals surface area contributed by atoms with Crippen molar-refractivity contribution >= 4 is 16.8 Å². The number of oxazole rings is 1. The van der Waals surface area contributed by atoms with Crippen LogP contribution in [0.1, 0.15) is 0 Å². The van der Waals surface area contributed by atoms with Crippen molar-refractivity contribution in [2.75, 3.05) is 18.6 Å². The molecule has 1 aromatic heterocycles. The quantitative estimate of drug-likeness (QED) is 0.680. The lowest BCUT2D eigenvalue weighted by atomic mass is 10.3. The van der Waals surface area contributed by atoms with Crippen LogP contribution in [0.25, 0.3) is 11.1 Å². The Labute approximate surface area is 80.1 Å². The highest BCUT2D eigenvalue weighted by Crippen LogP contribution is 2.18. The molecule has 2 aromatic rings. The monoisotopic (exact) mass is 193 g/mol. The highest BCUT2D eigenvalue weighted by Gasteiger charge is 2.03. The molecule has 1 heterocycles. The summed E-state index contributed by atoms with van der Waals surface area (Å²) in [5.41, 5.74) is 7.67. The molecule has 1 aromatic carbocycles. The third-order valence-corrected chi connectivity index (χ3v) is 2.12. The molecule has 0 aliphatic heterocycles. The molecule has 5 heteroatoms. The van der Waals surface area contributed by atoms with E-state index in [0.717, 1.165) is 5.69 Å². The number of aromatic amines is 1. The predicted octanol–water partition coefficient (Wildman–Crippen LogP) is 0.473. The van der Waals surface area contributed by atoms with Crippen LogP contribution >= 0.6 is 0 Å². The number of rotatable bonds is 2. The van der Waals surface area contributed by atoms with Crippen molar-refractivity contribution in [2.45, 2.75) is 0 Å². The molecule has 14 heavy (non-hydrogen) atoms. The summed E-state index contributed by atoms with van der Waals surface area (Å²) in [5, 5.41) is 0. The number of anilines is 1. The van der Waals surface area contributed by atoms with Crippen molar-refractivity contribution in [3.8, 4) is 0 Å². The Balaban J connectivity index is 2.55. The van der Waals surface area contributed by atoms with Crippen molar-refractivity contribution in [1.29, 1.82) is 0 Å². The van der Waals surface area contributed by atoms with Gasteiger partial charge in [0.2, 0.25) is 0 Å². The lowest BCUT2D eigenvalue weighted by molar-refractivity contribution is 0.555. The van der Waals surface area contributed by atoms with Crippen LogP contribution < -0.4 is 16.4 Å². The van der Waals surface area contributed by atoms with E-state index in [-0.39, 0.29) is 0 Å². The van der Waals surface area contributed by atoms with Gasteiger partial charge in [-0.2, -0.15) is 0 Å². The summed E-state index contributed by atoms with van der Waals surface area (Å²) in [7, 11) is 1.87. The number of hydrogen-bond donors (Lipinski definition) is 2. The second-order valence-electron chi connectivity index (χ2n) is 3.08. The SMILES string of the molecule is CN(CN)c1ccc2oc(=O)[nH]c2c1. The second-order valence-corrected chi connectivity index (χ2v) is 3.08. The Kier molecular flexibility index (Phi) is 2.01. The molecule has 2 rings (SSSR count). The maximum Gasteiger partial charge on any atom is 0.417 e. The highest BCUT2D eigenvalue weighted by molar-refractivity contribution is 5.77. The van der Waals surface area contributed by atoms with Crippen LogP contribution in [0.3, 0.4) is 0 Å². The van der Waals surface area contributed by atoms with Gasteiger partial charge in [0.15, 0.2) is 5.58 Å². The van der Waals surface area contributed by atoms with Gasteiger partial charge in [-0.1, -0.05) is 0 Å². The van der Waals surface area contributed by atoms with Crippen molar-refractivity contribution in [1.82, 2.24) is 4.98 Å². The first-order valence-electron chi connectivity index (χ1n) is 4.25. The van der Waals surface area contributed by atoms with Gasteiger partial charge in [-0.05, 0) is 18.2 Å². The second kappa shape index (κ2) is 3.19. The van der Waals surface area contributed by atoms with Crippen LogP contribution in [0.2, 0.25) is 0 Å². The van der Waals surface area contributed by atoms with Crippen molar-refractivity contribution in [3.05, 3.63) is 28.7 Å². The molecule has 0 amide bonds. The topological polar surface area (TPSA) is 75.3 Å². The summed E-state index contributed by atoms with van der Waals surface area (Å²) in [6, 6.07) is 5.42. The fourth-order valence-corrected chi connectivity index (χ4v) is 1.28. The largest absolute Gasteiger partial charge is 0.417 e. The summed E-state index contributed by atoms with van der Waals surface area (Å²) in [6.45, 7) is 0.424. The molecule has 0 unspecified atom stereocenters. The number of nitrogens with two attached hydrogens (primary N) is 1. The maximum atomic E-state index is 10.9. The number of nitrogens with one attached hydrogen (secondary N) is 1. The Bertz CT molecular complexity index is 500. The van der Waals surface area contributed by atoms with Gasteiger partial charge in [0.25, 0.3) is 0 Å². The molecule has 0 atom stereocenters. The van der Waals surface area contributed by atoms with Crippen LogP contribution in [0.5, 0.6) is 0 Å². The molecule has 0 aliphatic rings. The number of nitrogens with zero attached hydrogens (tertiary/aromatic N) is 1. The van der Waals surface area contributed by atoms with Gasteiger partial charge in [-0.3, -0.25) is 4.98 Å². The Morgan fingerprint density at radius 2 is 2.36 bits per heavy atom.